The Hall–Kier alpha value is -2.04. The summed E-state index contributed by atoms with van der Waals surface area (Å²) in [6.45, 7) is 4.61. The molecule has 18 heavy (non-hydrogen) atoms. The van der Waals surface area contributed by atoms with Gasteiger partial charge in [0.15, 0.2) is 5.41 Å². The van der Waals surface area contributed by atoms with Crippen LogP contribution in [0.25, 0.3) is 0 Å². The molecule has 1 aromatic carbocycles. The van der Waals surface area contributed by atoms with Crippen LogP contribution < -0.4 is 0 Å². The Morgan fingerprint density at radius 3 is 1.83 bits per heavy atom. The van der Waals surface area contributed by atoms with E-state index >= 15 is 0 Å². The maximum atomic E-state index is 11.1. The fourth-order valence-corrected chi connectivity index (χ4v) is 1.85. The van der Waals surface area contributed by atoms with Crippen molar-refractivity contribution in [1.82, 2.24) is 0 Å². The van der Waals surface area contributed by atoms with Crippen molar-refractivity contribution >= 4 is 11.9 Å². The van der Waals surface area contributed by atoms with Gasteiger partial charge in [-0.15, -0.1) is 0 Å². The maximum Gasteiger partial charge on any atom is 0.321 e. The van der Waals surface area contributed by atoms with E-state index in [0.717, 1.165) is 0 Å². The van der Waals surface area contributed by atoms with E-state index in [4.69, 9.17) is 10.2 Å². The SMILES string of the molecule is Cc1cc(O)cc(C)c1CC(C)(C(=O)O)C(=O)O. The molecule has 0 aliphatic heterocycles. The van der Waals surface area contributed by atoms with E-state index in [2.05, 4.69) is 0 Å². The monoisotopic (exact) mass is 252 g/mol. The maximum absolute atomic E-state index is 11.1. The zero-order valence-corrected chi connectivity index (χ0v) is 10.5. The fourth-order valence-electron chi connectivity index (χ4n) is 1.85. The second kappa shape index (κ2) is 4.68. The van der Waals surface area contributed by atoms with E-state index < -0.39 is 17.4 Å². The summed E-state index contributed by atoms with van der Waals surface area (Å²) in [5, 5.41) is 27.5. The Labute approximate surface area is 105 Å². The van der Waals surface area contributed by atoms with Crippen LogP contribution in [0, 0.1) is 19.3 Å². The normalized spacial score (nSPS) is 11.3. The van der Waals surface area contributed by atoms with Gasteiger partial charge in [-0.05, 0) is 56.0 Å². The predicted octanol–water partition coefficient (Wildman–Crippen LogP) is 1.73. The highest BCUT2D eigenvalue weighted by atomic mass is 16.4. The van der Waals surface area contributed by atoms with E-state index in [0.29, 0.717) is 16.7 Å². The van der Waals surface area contributed by atoms with E-state index in [-0.39, 0.29) is 12.2 Å². The minimum absolute atomic E-state index is 0.0844. The van der Waals surface area contributed by atoms with Crippen molar-refractivity contribution in [3.8, 4) is 5.75 Å². The number of aliphatic carboxylic acids is 2. The number of aryl methyl sites for hydroxylation is 2. The molecule has 0 spiro atoms. The zero-order valence-electron chi connectivity index (χ0n) is 10.5. The van der Waals surface area contributed by atoms with Crippen LogP contribution in [0.4, 0.5) is 0 Å². The van der Waals surface area contributed by atoms with Gasteiger partial charge in [0.05, 0.1) is 0 Å². The average Bonchev–Trinajstić information content (AvgIpc) is 2.22. The van der Waals surface area contributed by atoms with Crippen LogP contribution in [-0.2, 0) is 16.0 Å². The molecule has 0 fully saturated rings. The Morgan fingerprint density at radius 2 is 1.50 bits per heavy atom. The number of carboxylic acid groups (broad SMARTS) is 2. The van der Waals surface area contributed by atoms with Gasteiger partial charge in [-0.25, -0.2) is 0 Å². The van der Waals surface area contributed by atoms with Crippen molar-refractivity contribution in [1.29, 1.82) is 0 Å². The molecular weight excluding hydrogens is 236 g/mol. The molecule has 0 aromatic heterocycles. The van der Waals surface area contributed by atoms with Gasteiger partial charge in [0.25, 0.3) is 0 Å². The minimum Gasteiger partial charge on any atom is -0.508 e. The van der Waals surface area contributed by atoms with Gasteiger partial charge in [-0.2, -0.15) is 0 Å². The second-order valence-corrected chi connectivity index (χ2v) is 4.68. The number of phenols is 1. The number of carbonyl (C=O) groups is 2. The molecule has 1 rings (SSSR count). The number of benzene rings is 1. The first-order chi connectivity index (χ1) is 8.18. The summed E-state index contributed by atoms with van der Waals surface area (Å²) in [5.74, 6) is -2.66. The van der Waals surface area contributed by atoms with Crippen molar-refractivity contribution in [3.63, 3.8) is 0 Å². The van der Waals surface area contributed by atoms with Gasteiger partial charge in [0, 0.05) is 0 Å². The Kier molecular flexibility index (Phi) is 3.65. The molecule has 1 aromatic rings. The molecule has 0 saturated heterocycles. The summed E-state index contributed by atoms with van der Waals surface area (Å²) < 4.78 is 0. The molecule has 5 nitrogen and oxygen atoms in total. The Bertz CT molecular complexity index is 467. The first-order valence-electron chi connectivity index (χ1n) is 5.44. The lowest BCUT2D eigenvalue weighted by molar-refractivity contribution is -0.163. The summed E-state index contributed by atoms with van der Waals surface area (Å²) in [7, 11) is 0. The molecule has 98 valence electrons. The number of hydrogen-bond donors (Lipinski definition) is 3. The van der Waals surface area contributed by atoms with E-state index in [1.54, 1.807) is 13.8 Å². The molecule has 0 heterocycles. The first-order valence-corrected chi connectivity index (χ1v) is 5.44. The Balaban J connectivity index is 3.26. The highest BCUT2D eigenvalue weighted by molar-refractivity contribution is 5.98. The first kappa shape index (κ1) is 14.0. The Morgan fingerprint density at radius 1 is 1.11 bits per heavy atom. The van der Waals surface area contributed by atoms with Gasteiger partial charge in [0.1, 0.15) is 5.75 Å². The third kappa shape index (κ3) is 2.45. The van der Waals surface area contributed by atoms with Crippen molar-refractivity contribution in [2.24, 2.45) is 5.41 Å². The van der Waals surface area contributed by atoms with Gasteiger partial charge >= 0.3 is 11.9 Å². The lowest BCUT2D eigenvalue weighted by atomic mass is 9.81. The fraction of sp³-hybridized carbons (Fsp3) is 0.385. The molecule has 0 aliphatic rings. The van der Waals surface area contributed by atoms with Crippen LogP contribution in [0.1, 0.15) is 23.6 Å². The molecule has 0 radical (unpaired) electrons. The largest absolute Gasteiger partial charge is 0.508 e. The standard InChI is InChI=1S/C13H16O5/c1-7-4-9(14)5-8(2)10(7)6-13(3,11(15)16)12(17)18/h4-5,14H,6H2,1-3H3,(H,15,16)(H,17,18). The lowest BCUT2D eigenvalue weighted by Gasteiger charge is -2.22. The predicted molar refractivity (Wildman–Crippen MR) is 64.7 cm³/mol. The quantitative estimate of drug-likeness (QED) is 0.709. The van der Waals surface area contributed by atoms with Crippen LogP contribution in [0.3, 0.4) is 0 Å². The zero-order chi connectivity index (χ0) is 14.1. The van der Waals surface area contributed by atoms with Crippen LogP contribution >= 0.6 is 0 Å². The minimum atomic E-state index is -1.87. The van der Waals surface area contributed by atoms with Gasteiger partial charge < -0.3 is 15.3 Å². The van der Waals surface area contributed by atoms with Crippen LogP contribution in [0.2, 0.25) is 0 Å². The van der Waals surface area contributed by atoms with Crippen LogP contribution in [0.5, 0.6) is 5.75 Å². The second-order valence-electron chi connectivity index (χ2n) is 4.68. The summed E-state index contributed by atoms with van der Waals surface area (Å²) >= 11 is 0. The third-order valence-electron chi connectivity index (χ3n) is 3.16. The summed E-state index contributed by atoms with van der Waals surface area (Å²) in [6.07, 6.45) is -0.115. The number of aromatic hydroxyl groups is 1. The van der Waals surface area contributed by atoms with Gasteiger partial charge in [-0.1, -0.05) is 0 Å². The highest BCUT2D eigenvalue weighted by Crippen LogP contribution is 2.29. The lowest BCUT2D eigenvalue weighted by Crippen LogP contribution is -2.38. The van der Waals surface area contributed by atoms with E-state index in [1.807, 2.05) is 0 Å². The molecule has 0 amide bonds. The molecule has 0 aliphatic carbocycles. The molecule has 0 saturated carbocycles. The average molecular weight is 252 g/mol. The molecular formula is C13H16O5. The van der Waals surface area contributed by atoms with Crippen molar-refractivity contribution < 1.29 is 24.9 Å². The molecule has 0 unspecified atom stereocenters. The summed E-state index contributed by atoms with van der Waals surface area (Å²) in [5.41, 5.74) is 0.134. The van der Waals surface area contributed by atoms with Crippen LogP contribution in [-0.4, -0.2) is 27.3 Å². The molecule has 5 heteroatoms. The van der Waals surface area contributed by atoms with Crippen LogP contribution in [0.15, 0.2) is 12.1 Å². The van der Waals surface area contributed by atoms with Crippen molar-refractivity contribution in [2.75, 3.05) is 0 Å². The summed E-state index contributed by atoms with van der Waals surface area (Å²) in [6, 6.07) is 2.99. The smallest absolute Gasteiger partial charge is 0.321 e. The highest BCUT2D eigenvalue weighted by Gasteiger charge is 2.42. The molecule has 0 atom stereocenters. The van der Waals surface area contributed by atoms with E-state index in [1.165, 1.54) is 19.1 Å². The number of phenolic OH excluding ortho intramolecular Hbond substituents is 1. The van der Waals surface area contributed by atoms with E-state index in [9.17, 15) is 14.7 Å². The van der Waals surface area contributed by atoms with Crippen molar-refractivity contribution in [3.05, 3.63) is 28.8 Å². The number of carboxylic acids is 2. The number of hydrogen-bond acceptors (Lipinski definition) is 3. The molecule has 3 N–H and O–H groups in total. The number of rotatable bonds is 4. The third-order valence-corrected chi connectivity index (χ3v) is 3.16. The van der Waals surface area contributed by atoms with Crippen molar-refractivity contribution in [2.45, 2.75) is 27.2 Å². The van der Waals surface area contributed by atoms with Gasteiger partial charge in [0.2, 0.25) is 0 Å². The molecule has 0 bridgehead atoms. The summed E-state index contributed by atoms with van der Waals surface area (Å²) in [4.78, 5) is 22.3. The topological polar surface area (TPSA) is 94.8 Å². The van der Waals surface area contributed by atoms with Gasteiger partial charge in [-0.3, -0.25) is 9.59 Å².